The number of hydrogen-bond acceptors (Lipinski definition) is 9. The molecular weight excluding hydrogens is 743 g/mol. The maximum absolute atomic E-state index is 12.6. The Morgan fingerprint density at radius 2 is 0.912 bits per heavy atom. The van der Waals surface area contributed by atoms with Crippen LogP contribution in [0.1, 0.15) is 206 Å². The van der Waals surface area contributed by atoms with E-state index in [4.69, 9.17) is 23.6 Å². The largest absolute Gasteiger partial charge is 0.472 e. The van der Waals surface area contributed by atoms with Gasteiger partial charge in [0.1, 0.15) is 12.7 Å². The Bertz CT molecular complexity index is 1050. The molecule has 0 spiro atoms. The minimum atomic E-state index is -4.62. The third-order valence-corrected chi connectivity index (χ3v) is 10.7. The van der Waals surface area contributed by atoms with E-state index in [1.165, 1.54) is 96.3 Å². The maximum atomic E-state index is 12.6. The third kappa shape index (κ3) is 42.1. The molecule has 0 aromatic carbocycles. The maximum Gasteiger partial charge on any atom is 0.472 e. The lowest BCUT2D eigenvalue weighted by Gasteiger charge is -2.20. The number of ether oxygens (including phenoxy) is 2. The number of hydrogen-bond donors (Lipinski definition) is 3. The lowest BCUT2D eigenvalue weighted by atomic mass is 10.1. The van der Waals surface area contributed by atoms with E-state index in [0.717, 1.165) is 70.6 Å². The van der Waals surface area contributed by atoms with Gasteiger partial charge >= 0.3 is 19.8 Å². The lowest BCUT2D eigenvalue weighted by Crippen LogP contribution is -2.29. The van der Waals surface area contributed by atoms with Crippen LogP contribution in [-0.4, -0.2) is 65.7 Å². The molecule has 11 heteroatoms. The number of aliphatic hydroxyl groups excluding tert-OH is 2. The Morgan fingerprint density at radius 3 is 1.40 bits per heavy atom. The highest BCUT2D eigenvalue weighted by Gasteiger charge is 2.27. The summed E-state index contributed by atoms with van der Waals surface area (Å²) >= 11 is 0. The van der Waals surface area contributed by atoms with Gasteiger partial charge in [0.25, 0.3) is 0 Å². The summed E-state index contributed by atoms with van der Waals surface area (Å²) in [5, 5.41) is 18.3. The summed E-state index contributed by atoms with van der Waals surface area (Å²) in [4.78, 5) is 35.0. The molecule has 0 aromatic heterocycles. The molecule has 3 N–H and O–H groups in total. The molecule has 334 valence electrons. The van der Waals surface area contributed by atoms with Gasteiger partial charge in [0.15, 0.2) is 6.10 Å². The number of aliphatic hydroxyl groups is 2. The van der Waals surface area contributed by atoms with Crippen LogP contribution in [0.15, 0.2) is 36.5 Å². The van der Waals surface area contributed by atoms with Crippen LogP contribution < -0.4 is 0 Å². The monoisotopic (exact) mass is 829 g/mol. The molecular formula is C46H85O10P. The van der Waals surface area contributed by atoms with E-state index in [1.54, 1.807) is 0 Å². The molecule has 0 heterocycles. The highest BCUT2D eigenvalue weighted by molar-refractivity contribution is 7.47. The van der Waals surface area contributed by atoms with Crippen molar-refractivity contribution in [3.63, 3.8) is 0 Å². The fraction of sp³-hybridized carbons (Fsp3) is 0.826. The molecule has 0 rings (SSSR count). The second-order valence-electron chi connectivity index (χ2n) is 15.4. The zero-order chi connectivity index (χ0) is 41.9. The summed E-state index contributed by atoms with van der Waals surface area (Å²) in [7, 11) is -4.62. The Morgan fingerprint density at radius 1 is 0.526 bits per heavy atom. The van der Waals surface area contributed by atoms with Crippen molar-refractivity contribution in [2.45, 2.75) is 219 Å². The zero-order valence-electron chi connectivity index (χ0n) is 36.3. The van der Waals surface area contributed by atoms with E-state index >= 15 is 0 Å². The fourth-order valence-electron chi connectivity index (χ4n) is 6.19. The Balaban J connectivity index is 4.25. The average Bonchev–Trinajstić information content (AvgIpc) is 3.20. The predicted octanol–water partition coefficient (Wildman–Crippen LogP) is 12.3. The average molecular weight is 829 g/mol. The van der Waals surface area contributed by atoms with Gasteiger partial charge in [-0.2, -0.15) is 0 Å². The van der Waals surface area contributed by atoms with Crippen molar-refractivity contribution in [1.82, 2.24) is 0 Å². The molecule has 0 saturated heterocycles. The van der Waals surface area contributed by atoms with Gasteiger partial charge in [0.05, 0.1) is 19.8 Å². The van der Waals surface area contributed by atoms with Gasteiger partial charge in [-0.1, -0.05) is 159 Å². The Labute approximate surface area is 348 Å². The number of allylic oxidation sites excluding steroid dienone is 6. The number of carbonyl (C=O) groups excluding carboxylic acids is 2. The molecule has 57 heavy (non-hydrogen) atoms. The molecule has 0 aliphatic carbocycles. The first-order chi connectivity index (χ1) is 27.7. The summed E-state index contributed by atoms with van der Waals surface area (Å²) < 4.78 is 32.7. The van der Waals surface area contributed by atoms with E-state index in [-0.39, 0.29) is 19.4 Å². The first kappa shape index (κ1) is 55.2. The molecule has 0 fully saturated rings. The van der Waals surface area contributed by atoms with Crippen LogP contribution in [0.3, 0.4) is 0 Å². The smallest absolute Gasteiger partial charge is 0.462 e. The fourth-order valence-corrected chi connectivity index (χ4v) is 6.98. The lowest BCUT2D eigenvalue weighted by molar-refractivity contribution is -0.161. The van der Waals surface area contributed by atoms with Crippen LogP contribution in [-0.2, 0) is 32.7 Å². The van der Waals surface area contributed by atoms with Gasteiger partial charge in [0, 0.05) is 12.8 Å². The normalized spacial score (nSPS) is 14.1. The molecule has 0 aliphatic heterocycles. The Hall–Kier alpha value is -1.81. The van der Waals surface area contributed by atoms with Gasteiger partial charge in [-0.25, -0.2) is 4.57 Å². The standard InChI is InChI=1S/C46H85O10P/c1-3-5-7-9-11-13-15-17-19-20-21-22-24-25-27-29-31-33-35-37-45(49)53-41-44(42-55-57(51,52)54-40-43(48)39-47)56-46(50)38-36-34-32-30-28-26-23-18-16-14-12-10-8-6-4-2/h11,13,17-19,23,43-44,47-48H,3-10,12,14-16,20-22,24-42H2,1-2H3,(H,51,52)/b13-11+,19-17+,23-18+/t43-,44+/m0/s1. The van der Waals surface area contributed by atoms with Crippen LogP contribution >= 0.6 is 7.82 Å². The third-order valence-electron chi connectivity index (χ3n) is 9.77. The van der Waals surface area contributed by atoms with E-state index < -0.39 is 51.8 Å². The summed E-state index contributed by atoms with van der Waals surface area (Å²) in [5.41, 5.74) is 0. The summed E-state index contributed by atoms with van der Waals surface area (Å²) in [6, 6.07) is 0. The SMILES string of the molecule is CCCCC/C=C/C/C=C/CCCCCCCCCCCC(=O)OC[C@H](COP(=O)(O)OC[C@@H](O)CO)OC(=O)CCCCCCC/C=C/CCCCCCCC. The number of unbranched alkanes of at least 4 members (excludes halogenated alkanes) is 23. The molecule has 1 unspecified atom stereocenters. The van der Waals surface area contributed by atoms with Crippen molar-refractivity contribution in [1.29, 1.82) is 0 Å². The second kappa shape index (κ2) is 42.3. The zero-order valence-corrected chi connectivity index (χ0v) is 37.2. The van der Waals surface area contributed by atoms with Crippen LogP contribution in [0.5, 0.6) is 0 Å². The number of phosphoric acid groups is 1. The van der Waals surface area contributed by atoms with Gasteiger partial charge in [-0.15, -0.1) is 0 Å². The summed E-state index contributed by atoms with van der Waals surface area (Å²) in [6.45, 7) is 2.35. The van der Waals surface area contributed by atoms with Gasteiger partial charge < -0.3 is 24.6 Å². The Kier molecular flexibility index (Phi) is 41.0. The number of rotatable bonds is 43. The van der Waals surface area contributed by atoms with E-state index in [9.17, 15) is 24.2 Å². The molecule has 0 amide bonds. The minimum absolute atomic E-state index is 0.174. The van der Waals surface area contributed by atoms with E-state index in [2.05, 4.69) is 50.3 Å². The highest BCUT2D eigenvalue weighted by atomic mass is 31.2. The van der Waals surface area contributed by atoms with Crippen molar-refractivity contribution in [2.75, 3.05) is 26.4 Å². The number of phosphoric ester groups is 1. The van der Waals surface area contributed by atoms with Crippen molar-refractivity contribution >= 4 is 19.8 Å². The summed E-state index contributed by atoms with van der Waals surface area (Å²) in [5.74, 6) is -0.935. The van der Waals surface area contributed by atoms with Gasteiger partial charge in [-0.3, -0.25) is 18.6 Å². The summed E-state index contributed by atoms with van der Waals surface area (Å²) in [6.07, 6.45) is 43.9. The minimum Gasteiger partial charge on any atom is -0.462 e. The van der Waals surface area contributed by atoms with E-state index in [1.807, 2.05) is 0 Å². The van der Waals surface area contributed by atoms with Crippen LogP contribution in [0, 0.1) is 0 Å². The molecule has 0 aliphatic rings. The van der Waals surface area contributed by atoms with Crippen LogP contribution in [0.2, 0.25) is 0 Å². The second-order valence-corrected chi connectivity index (χ2v) is 16.9. The topological polar surface area (TPSA) is 149 Å². The molecule has 0 bridgehead atoms. The van der Waals surface area contributed by atoms with Gasteiger partial charge in [0.2, 0.25) is 0 Å². The quantitative estimate of drug-likeness (QED) is 0.0235. The molecule has 0 radical (unpaired) electrons. The van der Waals surface area contributed by atoms with Crippen molar-refractivity contribution in [2.24, 2.45) is 0 Å². The van der Waals surface area contributed by atoms with Gasteiger partial charge in [-0.05, 0) is 70.6 Å². The van der Waals surface area contributed by atoms with E-state index in [0.29, 0.717) is 12.8 Å². The number of esters is 2. The van der Waals surface area contributed by atoms with Crippen molar-refractivity contribution in [3.8, 4) is 0 Å². The van der Waals surface area contributed by atoms with Crippen LogP contribution in [0.4, 0.5) is 0 Å². The van der Waals surface area contributed by atoms with Crippen LogP contribution in [0.25, 0.3) is 0 Å². The highest BCUT2D eigenvalue weighted by Crippen LogP contribution is 2.43. The molecule has 10 nitrogen and oxygen atoms in total. The molecule has 3 atom stereocenters. The predicted molar refractivity (Wildman–Crippen MR) is 233 cm³/mol. The molecule has 0 aromatic rings. The first-order valence-corrected chi connectivity index (χ1v) is 24.4. The van der Waals surface area contributed by atoms with Crippen molar-refractivity contribution in [3.05, 3.63) is 36.5 Å². The van der Waals surface area contributed by atoms with Crippen molar-refractivity contribution < 1.29 is 47.8 Å². The molecule has 0 saturated carbocycles. The first-order valence-electron chi connectivity index (χ1n) is 22.9. The number of carbonyl (C=O) groups is 2.